The summed E-state index contributed by atoms with van der Waals surface area (Å²) in [4.78, 5) is 11.2. The Balaban J connectivity index is 2.20. The van der Waals surface area contributed by atoms with Gasteiger partial charge in [0.1, 0.15) is 5.92 Å². The number of benzene rings is 1. The summed E-state index contributed by atoms with van der Waals surface area (Å²) in [6, 6.07) is 10.2. The van der Waals surface area contributed by atoms with Crippen molar-refractivity contribution in [3.8, 4) is 6.07 Å². The maximum absolute atomic E-state index is 11.2. The van der Waals surface area contributed by atoms with Crippen LogP contribution in [-0.2, 0) is 16.0 Å². The van der Waals surface area contributed by atoms with Gasteiger partial charge in [0.2, 0.25) is 0 Å². The van der Waals surface area contributed by atoms with Gasteiger partial charge >= 0.3 is 5.97 Å². The number of aryl methyl sites for hydroxylation is 1. The van der Waals surface area contributed by atoms with Crippen LogP contribution in [0.4, 0.5) is 0 Å². The van der Waals surface area contributed by atoms with Gasteiger partial charge in [-0.05, 0) is 43.7 Å². The van der Waals surface area contributed by atoms with E-state index in [1.807, 2.05) is 24.3 Å². The quantitative estimate of drug-likeness (QED) is 0.396. The Hall–Kier alpha value is -1.60. The molecule has 0 heterocycles. The number of nitriles is 1. The Labute approximate surface area is 134 Å². The predicted molar refractivity (Wildman–Crippen MR) is 86.6 cm³/mol. The molecule has 0 fully saturated rings. The van der Waals surface area contributed by atoms with Gasteiger partial charge in [-0.3, -0.25) is 4.79 Å². The van der Waals surface area contributed by atoms with Crippen LogP contribution in [0.3, 0.4) is 0 Å². The summed E-state index contributed by atoms with van der Waals surface area (Å²) in [5, 5.41) is 8.85. The summed E-state index contributed by atoms with van der Waals surface area (Å²) in [7, 11) is 1.31. The van der Waals surface area contributed by atoms with Crippen molar-refractivity contribution in [2.24, 2.45) is 5.92 Å². The number of hydrogen-bond donors (Lipinski definition) is 0. The summed E-state index contributed by atoms with van der Waals surface area (Å²) < 4.78 is 5.72. The lowest BCUT2D eigenvalue weighted by Crippen LogP contribution is -2.13. The third kappa shape index (κ3) is 6.59. The average Bonchev–Trinajstić information content (AvgIpc) is 2.51. The third-order valence-electron chi connectivity index (χ3n) is 3.21. The highest BCUT2D eigenvalue weighted by Gasteiger charge is 2.16. The van der Waals surface area contributed by atoms with Gasteiger partial charge in [0, 0.05) is 4.47 Å². The van der Waals surface area contributed by atoms with Crippen molar-refractivity contribution in [1.29, 1.82) is 5.26 Å². The molecule has 0 radical (unpaired) electrons. The molecular formula is C17H20BrNO2. The molecule has 0 aliphatic heterocycles. The maximum atomic E-state index is 11.2. The van der Waals surface area contributed by atoms with E-state index in [1.54, 1.807) is 0 Å². The first-order valence-electron chi connectivity index (χ1n) is 7.05. The van der Waals surface area contributed by atoms with Crippen LogP contribution in [0.5, 0.6) is 0 Å². The molecule has 3 nitrogen and oxygen atoms in total. The highest BCUT2D eigenvalue weighted by molar-refractivity contribution is 9.10. The van der Waals surface area contributed by atoms with Crippen LogP contribution in [0.15, 0.2) is 40.9 Å². The highest BCUT2D eigenvalue weighted by Crippen LogP contribution is 2.17. The van der Waals surface area contributed by atoms with E-state index in [9.17, 15) is 4.79 Å². The van der Waals surface area contributed by atoms with E-state index in [-0.39, 0.29) is 0 Å². The molecule has 0 aliphatic carbocycles. The first-order chi connectivity index (χ1) is 10.2. The number of halogens is 1. The number of hydrogen-bond acceptors (Lipinski definition) is 3. The van der Waals surface area contributed by atoms with Gasteiger partial charge in [0.25, 0.3) is 0 Å². The number of allylic oxidation sites excluding steroid dienone is 2. The molecule has 1 atom stereocenters. The summed E-state index contributed by atoms with van der Waals surface area (Å²) in [6.45, 7) is 0. The Bertz CT molecular complexity index is 520. The van der Waals surface area contributed by atoms with Crippen LogP contribution < -0.4 is 0 Å². The van der Waals surface area contributed by atoms with Crippen LogP contribution in [0.2, 0.25) is 0 Å². The fraction of sp³-hybridized carbons (Fsp3) is 0.412. The molecule has 0 spiro atoms. The van der Waals surface area contributed by atoms with E-state index >= 15 is 0 Å². The summed E-state index contributed by atoms with van der Waals surface area (Å²) >= 11 is 3.54. The molecule has 1 unspecified atom stereocenters. The van der Waals surface area contributed by atoms with Gasteiger partial charge < -0.3 is 4.74 Å². The molecule has 1 aromatic carbocycles. The normalized spacial score (nSPS) is 12.0. The van der Waals surface area contributed by atoms with Crippen molar-refractivity contribution >= 4 is 21.9 Å². The van der Waals surface area contributed by atoms with Gasteiger partial charge in [-0.1, -0.05) is 46.3 Å². The lowest BCUT2D eigenvalue weighted by atomic mass is 10.0. The van der Waals surface area contributed by atoms with Crippen molar-refractivity contribution in [1.82, 2.24) is 0 Å². The Morgan fingerprint density at radius 1 is 1.38 bits per heavy atom. The Morgan fingerprint density at radius 2 is 2.10 bits per heavy atom. The highest BCUT2D eigenvalue weighted by atomic mass is 79.9. The molecule has 0 saturated heterocycles. The second-order valence-corrected chi connectivity index (χ2v) is 5.59. The van der Waals surface area contributed by atoms with Gasteiger partial charge in [0.05, 0.1) is 13.2 Å². The van der Waals surface area contributed by atoms with Crippen molar-refractivity contribution in [2.45, 2.75) is 32.1 Å². The van der Waals surface area contributed by atoms with E-state index in [0.717, 1.165) is 30.2 Å². The van der Waals surface area contributed by atoms with Gasteiger partial charge in [-0.2, -0.15) is 5.26 Å². The number of carbonyl (C=O) groups is 1. The number of methoxy groups -OCH3 is 1. The zero-order valence-electron chi connectivity index (χ0n) is 12.2. The lowest BCUT2D eigenvalue weighted by Gasteiger charge is -2.04. The van der Waals surface area contributed by atoms with Crippen molar-refractivity contribution in [3.63, 3.8) is 0 Å². The molecule has 4 heteroatoms. The molecule has 112 valence electrons. The Morgan fingerprint density at radius 3 is 2.76 bits per heavy atom. The molecule has 0 saturated carbocycles. The van der Waals surface area contributed by atoms with Crippen LogP contribution in [0.1, 0.15) is 31.2 Å². The van der Waals surface area contributed by atoms with Crippen LogP contribution in [0.25, 0.3) is 0 Å². The van der Waals surface area contributed by atoms with Crippen LogP contribution in [-0.4, -0.2) is 13.1 Å². The van der Waals surface area contributed by atoms with E-state index in [4.69, 9.17) is 5.26 Å². The fourth-order valence-electron chi connectivity index (χ4n) is 1.99. The molecular weight excluding hydrogens is 330 g/mol. The van der Waals surface area contributed by atoms with E-state index in [1.165, 1.54) is 12.7 Å². The first kappa shape index (κ1) is 17.5. The summed E-state index contributed by atoms with van der Waals surface area (Å²) in [5.41, 5.74) is 1.30. The average molecular weight is 350 g/mol. The predicted octanol–water partition coefficient (Wildman–Crippen LogP) is 4.42. The van der Waals surface area contributed by atoms with E-state index in [0.29, 0.717) is 6.42 Å². The fourth-order valence-corrected chi connectivity index (χ4v) is 2.48. The molecule has 21 heavy (non-hydrogen) atoms. The second kappa shape index (κ2) is 10.2. The topological polar surface area (TPSA) is 50.1 Å². The second-order valence-electron chi connectivity index (χ2n) is 4.74. The van der Waals surface area contributed by atoms with E-state index < -0.39 is 11.9 Å². The number of carbonyl (C=O) groups excluding carboxylic acids is 1. The number of ether oxygens (including phenoxy) is 1. The molecule has 0 aliphatic rings. The smallest absolute Gasteiger partial charge is 0.323 e. The molecule has 1 aromatic rings. The zero-order valence-corrected chi connectivity index (χ0v) is 13.8. The third-order valence-corrected chi connectivity index (χ3v) is 3.98. The van der Waals surface area contributed by atoms with Gasteiger partial charge in [0.15, 0.2) is 0 Å². The molecule has 0 aromatic heterocycles. The molecule has 0 N–H and O–H groups in total. The number of rotatable bonds is 8. The number of unbranched alkanes of at least 4 members (excludes halogenated alkanes) is 1. The SMILES string of the molecule is COC(=O)C(C#N)CCC/C=C/CCc1ccccc1Br. The van der Waals surface area contributed by atoms with Crippen LogP contribution >= 0.6 is 15.9 Å². The summed E-state index contributed by atoms with van der Waals surface area (Å²) in [5.74, 6) is -1.07. The monoisotopic (exact) mass is 349 g/mol. The standard InChI is InChI=1S/C17H20BrNO2/c1-21-17(20)15(13-19)11-6-4-2-3-5-9-14-10-7-8-12-16(14)18/h2-3,7-8,10,12,15H,4-6,9,11H2,1H3/b3-2+. The lowest BCUT2D eigenvalue weighted by molar-refractivity contribution is -0.143. The maximum Gasteiger partial charge on any atom is 0.323 e. The van der Waals surface area contributed by atoms with Crippen LogP contribution in [0, 0.1) is 17.2 Å². The van der Waals surface area contributed by atoms with Gasteiger partial charge in [-0.25, -0.2) is 0 Å². The minimum atomic E-state index is -0.635. The van der Waals surface area contributed by atoms with E-state index in [2.05, 4.69) is 38.9 Å². The van der Waals surface area contributed by atoms with Crippen molar-refractivity contribution in [3.05, 3.63) is 46.5 Å². The first-order valence-corrected chi connectivity index (χ1v) is 7.84. The van der Waals surface area contributed by atoms with Crippen molar-refractivity contribution in [2.75, 3.05) is 7.11 Å². The number of nitrogens with zero attached hydrogens (tertiary/aromatic N) is 1. The molecule has 0 amide bonds. The Kier molecular flexibility index (Phi) is 8.45. The zero-order chi connectivity index (χ0) is 15.5. The largest absolute Gasteiger partial charge is 0.468 e. The minimum absolute atomic E-state index is 0.435. The summed E-state index contributed by atoms with van der Waals surface area (Å²) in [6.07, 6.45) is 8.51. The number of esters is 1. The minimum Gasteiger partial charge on any atom is -0.468 e. The molecule has 0 bridgehead atoms. The molecule has 1 rings (SSSR count). The van der Waals surface area contributed by atoms with Gasteiger partial charge in [-0.15, -0.1) is 0 Å². The van der Waals surface area contributed by atoms with Crippen molar-refractivity contribution < 1.29 is 9.53 Å².